The van der Waals surface area contributed by atoms with E-state index in [0.717, 1.165) is 17.3 Å². The van der Waals surface area contributed by atoms with Gasteiger partial charge in [-0.05, 0) is 19.8 Å². The number of nitrogens with zero attached hydrogens (tertiary/aromatic N) is 3. The summed E-state index contributed by atoms with van der Waals surface area (Å²) >= 11 is 3.83. The lowest BCUT2D eigenvalue weighted by molar-refractivity contribution is 0.441. The van der Waals surface area contributed by atoms with Gasteiger partial charge in [0.2, 0.25) is 0 Å². The summed E-state index contributed by atoms with van der Waals surface area (Å²) in [6, 6.07) is 2.64. The van der Waals surface area contributed by atoms with Gasteiger partial charge in [-0.1, -0.05) is 42.6 Å². The molecule has 2 atom stereocenters. The summed E-state index contributed by atoms with van der Waals surface area (Å²) in [4.78, 5) is 12.2. The second-order valence-corrected chi connectivity index (χ2v) is 7.04. The predicted molar refractivity (Wildman–Crippen MR) is 84.2 cm³/mol. The fraction of sp³-hybridized carbons (Fsp3) is 0.733. The molecule has 19 heavy (non-hydrogen) atoms. The monoisotopic (exact) mass is 325 g/mol. The molecule has 2 unspecified atom stereocenters. The summed E-state index contributed by atoms with van der Waals surface area (Å²) in [5, 5.41) is 0. The second kappa shape index (κ2) is 6.21. The first kappa shape index (κ1) is 14.8. The molecule has 1 aromatic heterocycles. The van der Waals surface area contributed by atoms with Gasteiger partial charge < -0.3 is 4.90 Å². The van der Waals surface area contributed by atoms with Crippen molar-refractivity contribution in [2.24, 2.45) is 0 Å². The van der Waals surface area contributed by atoms with E-state index in [-0.39, 0.29) is 0 Å². The van der Waals surface area contributed by atoms with Crippen molar-refractivity contribution in [3.05, 3.63) is 17.6 Å². The average molecular weight is 326 g/mol. The molecule has 1 aliphatic carbocycles. The van der Waals surface area contributed by atoms with Gasteiger partial charge in [-0.25, -0.2) is 9.97 Å². The van der Waals surface area contributed by atoms with Gasteiger partial charge in [0.15, 0.2) is 0 Å². The minimum atomic E-state index is 0.373. The maximum atomic E-state index is 4.74. The number of hydrogen-bond acceptors (Lipinski definition) is 3. The first-order valence-corrected chi connectivity index (χ1v) is 8.13. The summed E-state index contributed by atoms with van der Waals surface area (Å²) in [6.07, 6.45) is 5.15. The van der Waals surface area contributed by atoms with Crippen molar-refractivity contribution in [3.63, 3.8) is 0 Å². The van der Waals surface area contributed by atoms with Crippen LogP contribution in [0.4, 0.5) is 5.82 Å². The second-order valence-electron chi connectivity index (χ2n) is 5.86. The van der Waals surface area contributed by atoms with Crippen molar-refractivity contribution >= 4 is 21.7 Å². The predicted octanol–water partition coefficient (Wildman–Crippen LogP) is 4.05. The van der Waals surface area contributed by atoms with Crippen LogP contribution in [0, 0.1) is 6.92 Å². The summed E-state index contributed by atoms with van der Waals surface area (Å²) in [5.74, 6) is 2.38. The molecule has 0 aromatic carbocycles. The lowest BCUT2D eigenvalue weighted by atomic mass is 9.94. The van der Waals surface area contributed by atoms with Crippen LogP contribution in [0.2, 0.25) is 0 Å². The van der Waals surface area contributed by atoms with E-state index in [1.165, 1.54) is 25.7 Å². The third kappa shape index (κ3) is 3.47. The van der Waals surface area contributed by atoms with E-state index >= 15 is 0 Å². The van der Waals surface area contributed by atoms with Gasteiger partial charge in [-0.3, -0.25) is 0 Å². The first-order chi connectivity index (χ1) is 8.99. The molecule has 106 valence electrons. The van der Waals surface area contributed by atoms with Crippen LogP contribution >= 0.6 is 15.9 Å². The topological polar surface area (TPSA) is 29.0 Å². The van der Waals surface area contributed by atoms with Crippen LogP contribution in [-0.2, 0) is 0 Å². The number of alkyl halides is 1. The molecule has 4 heteroatoms. The van der Waals surface area contributed by atoms with Gasteiger partial charge in [-0.15, -0.1) is 0 Å². The minimum Gasteiger partial charge on any atom is -0.355 e. The first-order valence-electron chi connectivity index (χ1n) is 7.21. The van der Waals surface area contributed by atoms with Gasteiger partial charge in [0.1, 0.15) is 11.6 Å². The van der Waals surface area contributed by atoms with Crippen molar-refractivity contribution in [3.8, 4) is 0 Å². The van der Waals surface area contributed by atoms with E-state index < -0.39 is 0 Å². The average Bonchev–Trinajstić information content (AvgIpc) is 2.37. The van der Waals surface area contributed by atoms with Crippen LogP contribution in [0.3, 0.4) is 0 Å². The molecule has 2 rings (SSSR count). The number of anilines is 1. The summed E-state index contributed by atoms with van der Waals surface area (Å²) in [7, 11) is 2.16. The van der Waals surface area contributed by atoms with Gasteiger partial charge in [0.05, 0.1) is 0 Å². The Balaban J connectivity index is 2.24. The van der Waals surface area contributed by atoms with Crippen LogP contribution in [-0.4, -0.2) is 27.9 Å². The molecular formula is C15H24BrN3. The normalized spacial score (nSPS) is 23.7. The van der Waals surface area contributed by atoms with Gasteiger partial charge >= 0.3 is 0 Å². The van der Waals surface area contributed by atoms with Crippen molar-refractivity contribution < 1.29 is 0 Å². The molecular weight excluding hydrogens is 302 g/mol. The van der Waals surface area contributed by atoms with E-state index in [1.54, 1.807) is 0 Å². The molecule has 1 saturated carbocycles. The Labute approximate surface area is 125 Å². The Kier molecular flexibility index (Phi) is 4.82. The molecule has 0 radical (unpaired) electrons. The van der Waals surface area contributed by atoms with Gasteiger partial charge in [0, 0.05) is 35.6 Å². The molecule has 1 heterocycles. The smallest absolute Gasteiger partial charge is 0.133 e. The maximum absolute atomic E-state index is 4.74. The maximum Gasteiger partial charge on any atom is 0.133 e. The number of aryl methyl sites for hydroxylation is 1. The SMILES string of the molecule is Cc1cc(N(C)C2CCCCC2Br)nc(C(C)C)n1. The van der Waals surface area contributed by atoms with Crippen molar-refractivity contribution in [1.29, 1.82) is 0 Å². The number of rotatable bonds is 3. The van der Waals surface area contributed by atoms with Crippen molar-refractivity contribution in [2.75, 3.05) is 11.9 Å². The molecule has 0 bridgehead atoms. The highest BCUT2D eigenvalue weighted by molar-refractivity contribution is 9.09. The zero-order valence-electron chi connectivity index (χ0n) is 12.4. The molecule has 0 spiro atoms. The van der Waals surface area contributed by atoms with Crippen molar-refractivity contribution in [2.45, 2.75) is 63.2 Å². The van der Waals surface area contributed by atoms with E-state index in [1.807, 2.05) is 0 Å². The number of hydrogen-bond donors (Lipinski definition) is 0. The van der Waals surface area contributed by atoms with E-state index in [4.69, 9.17) is 4.98 Å². The molecule has 1 fully saturated rings. The molecule has 1 aliphatic rings. The Morgan fingerprint density at radius 1 is 1.26 bits per heavy atom. The van der Waals surface area contributed by atoms with Gasteiger partial charge in [0.25, 0.3) is 0 Å². The Morgan fingerprint density at radius 2 is 1.95 bits per heavy atom. The molecule has 3 nitrogen and oxygen atoms in total. The highest BCUT2D eigenvalue weighted by Gasteiger charge is 2.27. The van der Waals surface area contributed by atoms with E-state index in [2.05, 4.69) is 59.7 Å². The molecule has 0 N–H and O–H groups in total. The lowest BCUT2D eigenvalue weighted by Gasteiger charge is -2.36. The lowest BCUT2D eigenvalue weighted by Crippen LogP contribution is -2.41. The molecule has 1 aromatic rings. The molecule has 0 aliphatic heterocycles. The van der Waals surface area contributed by atoms with Crippen LogP contribution in [0.15, 0.2) is 6.07 Å². The van der Waals surface area contributed by atoms with E-state index in [0.29, 0.717) is 16.8 Å². The third-order valence-corrected chi connectivity index (χ3v) is 4.95. The Hall–Kier alpha value is -0.640. The van der Waals surface area contributed by atoms with Crippen LogP contribution < -0.4 is 4.90 Å². The quantitative estimate of drug-likeness (QED) is 0.785. The Bertz CT molecular complexity index is 433. The summed E-state index contributed by atoms with van der Waals surface area (Å²) in [6.45, 7) is 6.34. The number of aromatic nitrogens is 2. The zero-order chi connectivity index (χ0) is 14.0. The zero-order valence-corrected chi connectivity index (χ0v) is 13.9. The van der Waals surface area contributed by atoms with Crippen LogP contribution in [0.25, 0.3) is 0 Å². The number of halogens is 1. The largest absolute Gasteiger partial charge is 0.355 e. The van der Waals surface area contributed by atoms with Crippen LogP contribution in [0.5, 0.6) is 0 Å². The third-order valence-electron chi connectivity index (χ3n) is 3.88. The highest BCUT2D eigenvalue weighted by atomic mass is 79.9. The van der Waals surface area contributed by atoms with E-state index in [9.17, 15) is 0 Å². The summed E-state index contributed by atoms with van der Waals surface area (Å²) in [5.41, 5.74) is 1.06. The molecule has 0 saturated heterocycles. The van der Waals surface area contributed by atoms with Gasteiger partial charge in [-0.2, -0.15) is 0 Å². The minimum absolute atomic E-state index is 0.373. The fourth-order valence-electron chi connectivity index (χ4n) is 2.69. The summed E-state index contributed by atoms with van der Waals surface area (Å²) < 4.78 is 0. The standard InChI is InChI=1S/C15H24BrN3/c1-10(2)15-17-11(3)9-14(18-15)19(4)13-8-6-5-7-12(13)16/h9-10,12-13H,5-8H2,1-4H3. The van der Waals surface area contributed by atoms with Crippen LogP contribution in [0.1, 0.15) is 57.0 Å². The highest BCUT2D eigenvalue weighted by Crippen LogP contribution is 2.30. The Morgan fingerprint density at radius 3 is 2.58 bits per heavy atom. The molecule has 0 amide bonds. The van der Waals surface area contributed by atoms with Crippen molar-refractivity contribution in [1.82, 2.24) is 9.97 Å². The fourth-order valence-corrected chi connectivity index (χ4v) is 3.63.